The molecule has 1 atom stereocenters. The Hall–Kier alpha value is -1.94. The summed E-state index contributed by atoms with van der Waals surface area (Å²) in [6.07, 6.45) is 5.99. The molecule has 4 heteroatoms. The summed E-state index contributed by atoms with van der Waals surface area (Å²) in [5, 5.41) is 0. The van der Waals surface area contributed by atoms with Crippen molar-refractivity contribution in [2.24, 2.45) is 10.9 Å². The Kier molecular flexibility index (Phi) is 4.62. The Morgan fingerprint density at radius 2 is 1.83 bits per heavy atom. The lowest BCUT2D eigenvalue weighted by Gasteiger charge is -2.32. The normalized spacial score (nSPS) is 20.1. The molecule has 0 N–H and O–H groups in total. The Labute approximate surface area is 145 Å². The number of benzene rings is 1. The first kappa shape index (κ1) is 15.9. The fraction of sp³-hybridized carbons (Fsp3) is 0.263. The minimum Gasteiger partial charge on any atom is -0.367 e. The van der Waals surface area contributed by atoms with Gasteiger partial charge in [-0.25, -0.2) is 4.99 Å². The number of dihydropyridines is 1. The van der Waals surface area contributed by atoms with Crippen LogP contribution in [0.25, 0.3) is 5.57 Å². The molecule has 0 radical (unpaired) electrons. The van der Waals surface area contributed by atoms with Crippen LogP contribution in [0.5, 0.6) is 0 Å². The molecule has 0 spiro atoms. The third kappa shape index (κ3) is 2.95. The summed E-state index contributed by atoms with van der Waals surface area (Å²) in [7, 11) is 0. The lowest BCUT2D eigenvalue weighted by atomic mass is 9.82. The summed E-state index contributed by atoms with van der Waals surface area (Å²) < 4.78 is 1.02. The summed E-state index contributed by atoms with van der Waals surface area (Å²) in [4.78, 5) is 19.2. The van der Waals surface area contributed by atoms with Crippen LogP contribution >= 0.6 is 15.9 Å². The average molecular weight is 371 g/mol. The van der Waals surface area contributed by atoms with Crippen molar-refractivity contribution < 1.29 is 4.79 Å². The maximum absolute atomic E-state index is 12.7. The van der Waals surface area contributed by atoms with E-state index >= 15 is 0 Å². The molecule has 1 heterocycles. The fourth-order valence-electron chi connectivity index (χ4n) is 3.12. The van der Waals surface area contributed by atoms with Gasteiger partial charge < -0.3 is 4.90 Å². The maximum Gasteiger partial charge on any atom is 0.293 e. The van der Waals surface area contributed by atoms with Crippen molar-refractivity contribution in [2.75, 3.05) is 13.1 Å². The van der Waals surface area contributed by atoms with E-state index in [1.54, 1.807) is 0 Å². The third-order valence-electron chi connectivity index (χ3n) is 4.22. The number of nitrogens with zero attached hydrogens (tertiary/aromatic N) is 2. The molecule has 0 saturated heterocycles. The van der Waals surface area contributed by atoms with E-state index in [1.165, 1.54) is 0 Å². The number of carbonyl (C=O) groups is 1. The topological polar surface area (TPSA) is 32.7 Å². The number of hydrogen-bond donors (Lipinski definition) is 0. The van der Waals surface area contributed by atoms with Gasteiger partial charge in [-0.2, -0.15) is 0 Å². The molecule has 2 aliphatic rings. The van der Waals surface area contributed by atoms with E-state index in [0.29, 0.717) is 0 Å². The molecule has 3 rings (SSSR count). The summed E-state index contributed by atoms with van der Waals surface area (Å²) in [6, 6.07) is 10.1. The summed E-state index contributed by atoms with van der Waals surface area (Å²) in [6.45, 7) is 5.70. The van der Waals surface area contributed by atoms with E-state index in [1.807, 2.05) is 30.4 Å². The Morgan fingerprint density at radius 3 is 2.48 bits per heavy atom. The van der Waals surface area contributed by atoms with E-state index in [9.17, 15) is 4.79 Å². The number of rotatable bonds is 4. The Morgan fingerprint density at radius 1 is 1.13 bits per heavy atom. The molecule has 3 nitrogen and oxygen atoms in total. The lowest BCUT2D eigenvalue weighted by molar-refractivity contribution is -0.115. The molecule has 0 bridgehead atoms. The van der Waals surface area contributed by atoms with Gasteiger partial charge in [-0.05, 0) is 31.6 Å². The smallest absolute Gasteiger partial charge is 0.293 e. The Bertz CT molecular complexity index is 740. The van der Waals surface area contributed by atoms with Crippen LogP contribution in [0, 0.1) is 5.92 Å². The summed E-state index contributed by atoms with van der Waals surface area (Å²) in [5.41, 5.74) is 3.66. The van der Waals surface area contributed by atoms with Crippen molar-refractivity contribution in [3.8, 4) is 0 Å². The van der Waals surface area contributed by atoms with Crippen LogP contribution in [0.15, 0.2) is 63.7 Å². The van der Waals surface area contributed by atoms with E-state index < -0.39 is 0 Å². The minimum absolute atomic E-state index is 0.00470. The van der Waals surface area contributed by atoms with Gasteiger partial charge in [0.25, 0.3) is 5.91 Å². The first-order chi connectivity index (χ1) is 11.2. The fourth-order valence-corrected chi connectivity index (χ4v) is 3.52. The molecule has 1 aromatic carbocycles. The van der Waals surface area contributed by atoms with Crippen molar-refractivity contribution in [1.82, 2.24) is 4.90 Å². The largest absolute Gasteiger partial charge is 0.367 e. The van der Waals surface area contributed by atoms with E-state index in [-0.39, 0.29) is 11.8 Å². The van der Waals surface area contributed by atoms with Crippen molar-refractivity contribution >= 4 is 33.1 Å². The van der Waals surface area contributed by atoms with E-state index in [2.05, 4.69) is 57.9 Å². The second kappa shape index (κ2) is 6.67. The molecule has 1 aliphatic carbocycles. The van der Waals surface area contributed by atoms with Crippen LogP contribution in [0.4, 0.5) is 0 Å². The molecular weight excluding hydrogens is 352 g/mol. The predicted octanol–water partition coefficient (Wildman–Crippen LogP) is 4.19. The van der Waals surface area contributed by atoms with Gasteiger partial charge in [0, 0.05) is 29.1 Å². The minimum atomic E-state index is -0.144. The first-order valence-electron chi connectivity index (χ1n) is 7.88. The van der Waals surface area contributed by atoms with Gasteiger partial charge in [-0.1, -0.05) is 52.3 Å². The van der Waals surface area contributed by atoms with Crippen molar-refractivity contribution in [3.63, 3.8) is 0 Å². The zero-order valence-electron chi connectivity index (χ0n) is 13.3. The number of halogens is 1. The quantitative estimate of drug-likeness (QED) is 0.795. The lowest BCUT2D eigenvalue weighted by Crippen LogP contribution is -2.34. The van der Waals surface area contributed by atoms with E-state index in [0.717, 1.165) is 40.1 Å². The molecule has 0 saturated carbocycles. The van der Waals surface area contributed by atoms with Crippen LogP contribution in [-0.2, 0) is 4.79 Å². The van der Waals surface area contributed by atoms with Crippen LogP contribution in [0.3, 0.4) is 0 Å². The predicted molar refractivity (Wildman–Crippen MR) is 98.4 cm³/mol. The van der Waals surface area contributed by atoms with Gasteiger partial charge >= 0.3 is 0 Å². The zero-order chi connectivity index (χ0) is 16.4. The molecular formula is C19H19BrN2O. The second-order valence-corrected chi connectivity index (χ2v) is 6.42. The Balaban J connectivity index is 2.23. The van der Waals surface area contributed by atoms with Crippen LogP contribution in [0.2, 0.25) is 0 Å². The highest BCUT2D eigenvalue weighted by atomic mass is 79.9. The number of amides is 1. The zero-order valence-corrected chi connectivity index (χ0v) is 14.9. The van der Waals surface area contributed by atoms with Crippen molar-refractivity contribution in [2.45, 2.75) is 13.8 Å². The molecule has 1 aliphatic heterocycles. The van der Waals surface area contributed by atoms with E-state index in [4.69, 9.17) is 0 Å². The highest BCUT2D eigenvalue weighted by Gasteiger charge is 2.33. The second-order valence-electron chi connectivity index (χ2n) is 5.50. The third-order valence-corrected chi connectivity index (χ3v) is 4.75. The molecule has 23 heavy (non-hydrogen) atoms. The summed E-state index contributed by atoms with van der Waals surface area (Å²) >= 11 is 3.55. The van der Waals surface area contributed by atoms with Gasteiger partial charge in [0.1, 0.15) is 5.70 Å². The summed E-state index contributed by atoms with van der Waals surface area (Å²) in [5.74, 6) is -0.139. The number of aliphatic imine (C=N–C) groups is 1. The van der Waals surface area contributed by atoms with Crippen molar-refractivity contribution in [3.05, 3.63) is 64.3 Å². The highest BCUT2D eigenvalue weighted by molar-refractivity contribution is 9.11. The standard InChI is InChI=1S/C19H19BrN2O/c1-3-22(4-2)18-17(13-8-6-5-7-9-13)15-12-14(20)10-11-16(15)21-19(18)23/h5-12,15H,3-4H2,1-2H3. The number of fused-ring (bicyclic) bond motifs is 1. The van der Waals surface area contributed by atoms with Gasteiger partial charge in [0.2, 0.25) is 0 Å². The number of allylic oxidation sites excluding steroid dienone is 5. The number of likely N-dealkylation sites (N-methyl/N-ethyl adjacent to an activating group) is 1. The molecule has 118 valence electrons. The van der Waals surface area contributed by atoms with Crippen LogP contribution in [-0.4, -0.2) is 29.6 Å². The monoisotopic (exact) mass is 370 g/mol. The highest BCUT2D eigenvalue weighted by Crippen LogP contribution is 2.38. The molecule has 0 aromatic heterocycles. The molecule has 0 fully saturated rings. The number of carbonyl (C=O) groups excluding carboxylic acids is 1. The molecule has 1 aromatic rings. The molecule has 1 amide bonds. The maximum atomic E-state index is 12.7. The van der Waals surface area contributed by atoms with Gasteiger partial charge in [0.15, 0.2) is 0 Å². The average Bonchev–Trinajstić information content (AvgIpc) is 2.57. The number of hydrogen-bond acceptors (Lipinski definition) is 2. The SMILES string of the molecule is CCN(CC)C1=C(c2ccccc2)C2C=C(Br)C=CC2=NC1=O. The van der Waals surface area contributed by atoms with Crippen molar-refractivity contribution in [1.29, 1.82) is 0 Å². The van der Waals surface area contributed by atoms with Gasteiger partial charge in [-0.3, -0.25) is 4.79 Å². The van der Waals surface area contributed by atoms with Gasteiger partial charge in [0.05, 0.1) is 5.71 Å². The van der Waals surface area contributed by atoms with Crippen LogP contribution < -0.4 is 0 Å². The molecule has 1 unspecified atom stereocenters. The first-order valence-corrected chi connectivity index (χ1v) is 8.67. The van der Waals surface area contributed by atoms with Crippen LogP contribution in [0.1, 0.15) is 19.4 Å². The van der Waals surface area contributed by atoms with Gasteiger partial charge in [-0.15, -0.1) is 0 Å².